The largest absolute Gasteiger partial charge is 0.497 e. The Balaban J connectivity index is 2.20. The van der Waals surface area contributed by atoms with Gasteiger partial charge in [0.25, 0.3) is 0 Å². The van der Waals surface area contributed by atoms with Crippen molar-refractivity contribution in [3.63, 3.8) is 0 Å². The minimum Gasteiger partial charge on any atom is -0.497 e. The molecule has 2 rings (SSSR count). The van der Waals surface area contributed by atoms with E-state index in [-0.39, 0.29) is 4.90 Å². The van der Waals surface area contributed by atoms with Gasteiger partial charge in [0.1, 0.15) is 5.75 Å². The summed E-state index contributed by atoms with van der Waals surface area (Å²) < 4.78 is 66.6. The van der Waals surface area contributed by atoms with Crippen LogP contribution in [0.15, 0.2) is 58.8 Å². The summed E-state index contributed by atoms with van der Waals surface area (Å²) in [5.41, 5.74) is -0.428. The predicted octanol–water partition coefficient (Wildman–Crippen LogP) is 4.16. The fraction of sp³-hybridized carbons (Fsp3) is 0.125. The molecule has 122 valence electrons. The van der Waals surface area contributed by atoms with E-state index < -0.39 is 21.6 Å². The summed E-state index contributed by atoms with van der Waals surface area (Å²) in [6.07, 6.45) is -3.17. The summed E-state index contributed by atoms with van der Waals surface area (Å²) in [6.45, 7) is 0. The average Bonchev–Trinajstić information content (AvgIpc) is 2.53. The Morgan fingerprint density at radius 1 is 0.957 bits per heavy atom. The maximum absolute atomic E-state index is 12.5. The summed E-state index contributed by atoms with van der Waals surface area (Å²) in [5, 5.41) is 0.956. The fourth-order valence-corrected chi connectivity index (χ4v) is 2.80. The van der Waals surface area contributed by atoms with Gasteiger partial charge in [0.05, 0.1) is 17.6 Å². The van der Waals surface area contributed by atoms with Gasteiger partial charge < -0.3 is 4.74 Å². The van der Waals surface area contributed by atoms with Crippen LogP contribution in [-0.2, 0) is 16.0 Å². The van der Waals surface area contributed by atoms with E-state index >= 15 is 0 Å². The van der Waals surface area contributed by atoms with Gasteiger partial charge in [-0.05, 0) is 48.0 Å². The lowest BCUT2D eigenvalue weighted by molar-refractivity contribution is -0.137. The van der Waals surface area contributed by atoms with Crippen LogP contribution in [0, 0.1) is 0 Å². The first kappa shape index (κ1) is 17.1. The van der Waals surface area contributed by atoms with Crippen molar-refractivity contribution in [2.24, 2.45) is 0 Å². The van der Waals surface area contributed by atoms with Crippen molar-refractivity contribution in [3.8, 4) is 5.75 Å². The van der Waals surface area contributed by atoms with Gasteiger partial charge in [-0.3, -0.25) is 0 Å². The molecule has 23 heavy (non-hydrogen) atoms. The number of halogens is 3. The van der Waals surface area contributed by atoms with Crippen LogP contribution in [-0.4, -0.2) is 15.5 Å². The molecule has 0 N–H and O–H groups in total. The van der Waals surface area contributed by atoms with Crippen LogP contribution in [0.5, 0.6) is 5.75 Å². The van der Waals surface area contributed by atoms with Crippen LogP contribution in [0.1, 0.15) is 11.1 Å². The SMILES string of the molecule is COc1ccc(S(=O)(=O)/C=C/c2ccc(C(F)(F)F)cc2)cc1. The third kappa shape index (κ3) is 4.35. The van der Waals surface area contributed by atoms with E-state index in [0.29, 0.717) is 11.3 Å². The number of rotatable bonds is 4. The third-order valence-corrected chi connectivity index (χ3v) is 4.49. The van der Waals surface area contributed by atoms with Crippen molar-refractivity contribution >= 4 is 15.9 Å². The number of ether oxygens (including phenoxy) is 1. The Hall–Kier alpha value is -2.28. The summed E-state index contributed by atoms with van der Waals surface area (Å²) in [6, 6.07) is 10.0. The monoisotopic (exact) mass is 342 g/mol. The fourth-order valence-electron chi connectivity index (χ4n) is 1.80. The van der Waals surface area contributed by atoms with Gasteiger partial charge in [0.15, 0.2) is 9.84 Å². The van der Waals surface area contributed by atoms with Crippen LogP contribution in [0.3, 0.4) is 0 Å². The standard InChI is InChI=1S/C16H13F3O3S/c1-22-14-6-8-15(9-7-14)23(20,21)11-10-12-2-4-13(5-3-12)16(17,18)19/h2-11H,1H3/b11-10+. The predicted molar refractivity (Wildman–Crippen MR) is 80.7 cm³/mol. The average molecular weight is 342 g/mol. The van der Waals surface area contributed by atoms with Crippen molar-refractivity contribution in [2.45, 2.75) is 11.1 Å². The second-order valence-corrected chi connectivity index (χ2v) is 6.48. The molecule has 0 atom stereocenters. The molecule has 2 aromatic carbocycles. The molecule has 3 nitrogen and oxygen atoms in total. The molecule has 0 amide bonds. The smallest absolute Gasteiger partial charge is 0.416 e. The first-order valence-corrected chi connectivity index (χ1v) is 8.01. The molecule has 0 aliphatic rings. The maximum Gasteiger partial charge on any atom is 0.416 e. The Kier molecular flexibility index (Phi) is 4.79. The van der Waals surface area contributed by atoms with E-state index in [1.807, 2.05) is 0 Å². The number of benzene rings is 2. The lowest BCUT2D eigenvalue weighted by Gasteiger charge is -2.06. The highest BCUT2D eigenvalue weighted by atomic mass is 32.2. The molecule has 0 radical (unpaired) electrons. The molecule has 0 unspecified atom stereocenters. The normalized spacial score (nSPS) is 12.5. The van der Waals surface area contributed by atoms with Gasteiger partial charge in [-0.15, -0.1) is 0 Å². The van der Waals surface area contributed by atoms with Gasteiger partial charge >= 0.3 is 6.18 Å². The van der Waals surface area contributed by atoms with Gasteiger partial charge in [0, 0.05) is 5.41 Å². The molecular formula is C16H13F3O3S. The Bertz CT molecular complexity index is 790. The van der Waals surface area contributed by atoms with E-state index in [0.717, 1.165) is 17.5 Å². The topological polar surface area (TPSA) is 43.4 Å². The van der Waals surface area contributed by atoms with E-state index in [2.05, 4.69) is 0 Å². The maximum atomic E-state index is 12.5. The van der Waals surface area contributed by atoms with Crippen LogP contribution in [0.25, 0.3) is 6.08 Å². The molecule has 0 aromatic heterocycles. The quantitative estimate of drug-likeness (QED) is 0.838. The van der Waals surface area contributed by atoms with Crippen LogP contribution in [0.4, 0.5) is 13.2 Å². The molecule has 0 fully saturated rings. The second-order valence-electron chi connectivity index (χ2n) is 4.64. The van der Waals surface area contributed by atoms with Crippen molar-refractivity contribution < 1.29 is 26.3 Å². The molecule has 7 heteroatoms. The highest BCUT2D eigenvalue weighted by Gasteiger charge is 2.29. The van der Waals surface area contributed by atoms with E-state index in [1.54, 1.807) is 0 Å². The van der Waals surface area contributed by atoms with Crippen molar-refractivity contribution in [1.29, 1.82) is 0 Å². The van der Waals surface area contributed by atoms with Crippen molar-refractivity contribution in [1.82, 2.24) is 0 Å². The van der Waals surface area contributed by atoms with Crippen LogP contribution >= 0.6 is 0 Å². The van der Waals surface area contributed by atoms with Gasteiger partial charge in [0.2, 0.25) is 0 Å². The molecule has 2 aromatic rings. The molecule has 0 spiro atoms. The Morgan fingerprint density at radius 2 is 1.52 bits per heavy atom. The molecule has 0 aliphatic carbocycles. The summed E-state index contributed by atoms with van der Waals surface area (Å²) in [4.78, 5) is 0.0708. The highest BCUT2D eigenvalue weighted by Crippen LogP contribution is 2.29. The van der Waals surface area contributed by atoms with E-state index in [9.17, 15) is 21.6 Å². The lowest BCUT2D eigenvalue weighted by Crippen LogP contribution is -2.04. The van der Waals surface area contributed by atoms with Gasteiger partial charge in [-0.1, -0.05) is 12.1 Å². The van der Waals surface area contributed by atoms with Gasteiger partial charge in [-0.25, -0.2) is 8.42 Å². The van der Waals surface area contributed by atoms with Crippen molar-refractivity contribution in [2.75, 3.05) is 7.11 Å². The first-order valence-electron chi connectivity index (χ1n) is 6.47. The van der Waals surface area contributed by atoms with E-state index in [4.69, 9.17) is 4.74 Å². The van der Waals surface area contributed by atoms with Crippen LogP contribution in [0.2, 0.25) is 0 Å². The molecule has 0 saturated heterocycles. The summed E-state index contributed by atoms with van der Waals surface area (Å²) in [5.74, 6) is 0.524. The molecule has 0 bridgehead atoms. The second kappa shape index (κ2) is 6.45. The van der Waals surface area contributed by atoms with Crippen LogP contribution < -0.4 is 4.74 Å². The number of hydrogen-bond acceptors (Lipinski definition) is 3. The van der Waals surface area contributed by atoms with Crippen molar-refractivity contribution in [3.05, 3.63) is 65.1 Å². The summed E-state index contributed by atoms with van der Waals surface area (Å²) in [7, 11) is -2.21. The number of sulfone groups is 1. The number of alkyl halides is 3. The Morgan fingerprint density at radius 3 is 2.00 bits per heavy atom. The zero-order valence-electron chi connectivity index (χ0n) is 12.0. The van der Waals surface area contributed by atoms with Gasteiger partial charge in [-0.2, -0.15) is 13.2 Å². The number of methoxy groups -OCH3 is 1. The minimum atomic E-state index is -4.42. The lowest BCUT2D eigenvalue weighted by atomic mass is 10.1. The molecule has 0 aliphatic heterocycles. The zero-order valence-corrected chi connectivity index (χ0v) is 12.9. The zero-order chi connectivity index (χ0) is 17.1. The summed E-state index contributed by atoms with van der Waals surface area (Å²) >= 11 is 0. The molecule has 0 saturated carbocycles. The molecule has 0 heterocycles. The minimum absolute atomic E-state index is 0.0708. The Labute approximate surface area is 131 Å². The van der Waals surface area contributed by atoms with E-state index in [1.165, 1.54) is 49.6 Å². The number of hydrogen-bond donors (Lipinski definition) is 0. The first-order chi connectivity index (χ1) is 10.7. The highest BCUT2D eigenvalue weighted by molar-refractivity contribution is 7.94. The third-order valence-electron chi connectivity index (χ3n) is 3.07. The molecular weight excluding hydrogens is 329 g/mol.